The molecule has 1 aliphatic rings. The van der Waals surface area contributed by atoms with Crippen molar-refractivity contribution in [1.82, 2.24) is 0 Å². The lowest BCUT2D eigenvalue weighted by molar-refractivity contribution is -0.0187. The molecule has 6 heteroatoms. The van der Waals surface area contributed by atoms with Gasteiger partial charge in [-0.05, 0) is 84.9 Å². The molecule has 41 heavy (non-hydrogen) atoms. The minimum Gasteiger partial charge on any atom is -0.497 e. The van der Waals surface area contributed by atoms with Gasteiger partial charge in [0.2, 0.25) is 0 Å². The van der Waals surface area contributed by atoms with Gasteiger partial charge in [-0.2, -0.15) is 0 Å². The number of unbranched alkanes of at least 4 members (excludes halogenated alkanes) is 1. The van der Waals surface area contributed by atoms with Crippen molar-refractivity contribution in [2.45, 2.75) is 44.1 Å². The minimum atomic E-state index is -0.851. The fourth-order valence-corrected chi connectivity index (χ4v) is 6.38. The standard InChI is InChI=1S/C35H43O5P/c1-5-6-10-25-39-41(4)40-27-29-15-13-28(14-16-29)26-38-35(30-11-8-7-9-12-30,31-17-21-33(36-2)22-18-31)32-19-23-34(37-3)24-20-32/h1,7-9,11-12,17-24,28-29H,6,10,13-16,25-27H2,2-4H3. The number of benzene rings is 3. The smallest absolute Gasteiger partial charge is 0.167 e. The molecule has 1 unspecified atom stereocenters. The Kier molecular flexibility index (Phi) is 12.1. The lowest BCUT2D eigenvalue weighted by atomic mass is 9.79. The summed E-state index contributed by atoms with van der Waals surface area (Å²) in [4.78, 5) is 0. The third-order valence-corrected chi connectivity index (χ3v) is 8.96. The Balaban J connectivity index is 1.48. The van der Waals surface area contributed by atoms with Crippen molar-refractivity contribution in [2.24, 2.45) is 11.8 Å². The van der Waals surface area contributed by atoms with Gasteiger partial charge in [0, 0.05) is 13.1 Å². The molecular formula is C35H43O5P. The third-order valence-electron chi connectivity index (χ3n) is 7.91. The summed E-state index contributed by atoms with van der Waals surface area (Å²) in [7, 11) is 2.53. The molecule has 4 rings (SSSR count). The Morgan fingerprint density at radius 2 is 1.24 bits per heavy atom. The van der Waals surface area contributed by atoms with Crippen molar-refractivity contribution >= 4 is 8.38 Å². The van der Waals surface area contributed by atoms with Gasteiger partial charge in [0.1, 0.15) is 17.1 Å². The fraction of sp³-hybridized carbons (Fsp3) is 0.429. The molecule has 3 aromatic carbocycles. The Morgan fingerprint density at radius 3 is 1.76 bits per heavy atom. The van der Waals surface area contributed by atoms with Crippen LogP contribution in [0, 0.1) is 24.2 Å². The van der Waals surface area contributed by atoms with Crippen molar-refractivity contribution in [2.75, 3.05) is 40.7 Å². The number of hydrogen-bond donors (Lipinski definition) is 0. The molecule has 0 radical (unpaired) electrons. The van der Waals surface area contributed by atoms with Gasteiger partial charge in [-0.25, -0.2) is 0 Å². The first-order valence-electron chi connectivity index (χ1n) is 14.5. The summed E-state index contributed by atoms with van der Waals surface area (Å²) in [6, 6.07) is 27.0. The summed E-state index contributed by atoms with van der Waals surface area (Å²) in [6.07, 6.45) is 11.5. The van der Waals surface area contributed by atoms with Crippen LogP contribution in [-0.4, -0.2) is 40.7 Å². The second-order valence-electron chi connectivity index (χ2n) is 10.6. The van der Waals surface area contributed by atoms with E-state index < -0.39 is 14.0 Å². The Hall–Kier alpha value is -2.87. The first-order valence-corrected chi connectivity index (χ1v) is 16.1. The molecule has 0 bridgehead atoms. The lowest BCUT2D eigenvalue weighted by Crippen LogP contribution is -2.35. The minimum absolute atomic E-state index is 0.481. The first kappa shape index (κ1) is 31.1. The van der Waals surface area contributed by atoms with Crippen molar-refractivity contribution in [3.8, 4) is 23.8 Å². The topological polar surface area (TPSA) is 46.2 Å². The highest BCUT2D eigenvalue weighted by atomic mass is 31.2. The molecule has 218 valence electrons. The Morgan fingerprint density at radius 1 is 0.732 bits per heavy atom. The highest BCUT2D eigenvalue weighted by molar-refractivity contribution is 7.46. The van der Waals surface area contributed by atoms with Gasteiger partial charge < -0.3 is 23.3 Å². The zero-order valence-corrected chi connectivity index (χ0v) is 25.5. The highest BCUT2D eigenvalue weighted by Crippen LogP contribution is 2.43. The van der Waals surface area contributed by atoms with Crippen LogP contribution in [-0.2, 0) is 19.4 Å². The van der Waals surface area contributed by atoms with Gasteiger partial charge in [0.15, 0.2) is 8.38 Å². The molecule has 0 aromatic heterocycles. The van der Waals surface area contributed by atoms with Crippen molar-refractivity contribution < 1.29 is 23.3 Å². The zero-order chi connectivity index (χ0) is 28.9. The van der Waals surface area contributed by atoms with Crippen molar-refractivity contribution in [3.05, 3.63) is 95.6 Å². The van der Waals surface area contributed by atoms with Gasteiger partial charge in [0.25, 0.3) is 0 Å². The largest absolute Gasteiger partial charge is 0.497 e. The van der Waals surface area contributed by atoms with Crippen LogP contribution < -0.4 is 9.47 Å². The molecule has 0 N–H and O–H groups in total. The van der Waals surface area contributed by atoms with E-state index in [0.29, 0.717) is 25.0 Å². The summed E-state index contributed by atoms with van der Waals surface area (Å²) >= 11 is 0. The van der Waals surface area contributed by atoms with E-state index in [1.54, 1.807) is 14.2 Å². The van der Waals surface area contributed by atoms with E-state index in [1.807, 2.05) is 37.0 Å². The summed E-state index contributed by atoms with van der Waals surface area (Å²) in [5, 5.41) is 0. The quantitative estimate of drug-likeness (QED) is 0.0792. The highest BCUT2D eigenvalue weighted by Gasteiger charge is 2.39. The lowest BCUT2D eigenvalue weighted by Gasteiger charge is -2.38. The van der Waals surface area contributed by atoms with Gasteiger partial charge in [-0.15, -0.1) is 12.3 Å². The fourth-order valence-electron chi connectivity index (χ4n) is 5.50. The van der Waals surface area contributed by atoms with Gasteiger partial charge >= 0.3 is 0 Å². The van der Waals surface area contributed by atoms with Crippen LogP contribution in [0.4, 0.5) is 0 Å². The number of terminal acetylenes is 1. The van der Waals surface area contributed by atoms with Crippen LogP contribution in [0.1, 0.15) is 55.2 Å². The average molecular weight is 575 g/mol. The summed E-state index contributed by atoms with van der Waals surface area (Å²) < 4.78 is 29.9. The first-order chi connectivity index (χ1) is 20.1. The van der Waals surface area contributed by atoms with E-state index >= 15 is 0 Å². The second kappa shape index (κ2) is 15.9. The van der Waals surface area contributed by atoms with E-state index in [9.17, 15) is 0 Å². The van der Waals surface area contributed by atoms with Crippen LogP contribution in [0.15, 0.2) is 78.9 Å². The van der Waals surface area contributed by atoms with Crippen molar-refractivity contribution in [3.63, 3.8) is 0 Å². The monoisotopic (exact) mass is 574 g/mol. The predicted molar refractivity (Wildman–Crippen MR) is 167 cm³/mol. The van der Waals surface area contributed by atoms with Gasteiger partial charge in [0.05, 0.1) is 34.0 Å². The van der Waals surface area contributed by atoms with E-state index in [0.717, 1.165) is 73.3 Å². The van der Waals surface area contributed by atoms with Crippen LogP contribution >= 0.6 is 8.38 Å². The Labute approximate surface area is 247 Å². The van der Waals surface area contributed by atoms with Crippen LogP contribution in [0.2, 0.25) is 0 Å². The Bertz CT molecular complexity index is 1150. The number of rotatable bonds is 15. The molecule has 1 aliphatic carbocycles. The number of ether oxygens (including phenoxy) is 3. The van der Waals surface area contributed by atoms with E-state index in [4.69, 9.17) is 29.7 Å². The van der Waals surface area contributed by atoms with Gasteiger partial charge in [-0.1, -0.05) is 54.6 Å². The summed E-state index contributed by atoms with van der Waals surface area (Å²) in [5.74, 6) is 5.33. The summed E-state index contributed by atoms with van der Waals surface area (Å²) in [5.41, 5.74) is 2.45. The second-order valence-corrected chi connectivity index (χ2v) is 12.0. The molecule has 1 saturated carbocycles. The number of methoxy groups -OCH3 is 2. The average Bonchev–Trinajstić information content (AvgIpc) is 3.04. The maximum absolute atomic E-state index is 7.13. The van der Waals surface area contributed by atoms with Crippen LogP contribution in [0.3, 0.4) is 0 Å². The molecule has 1 fully saturated rings. The third kappa shape index (κ3) is 8.34. The van der Waals surface area contributed by atoms with Crippen LogP contribution in [0.25, 0.3) is 0 Å². The van der Waals surface area contributed by atoms with E-state index in [2.05, 4.69) is 54.5 Å². The van der Waals surface area contributed by atoms with Crippen molar-refractivity contribution in [1.29, 1.82) is 0 Å². The molecular weight excluding hydrogens is 531 g/mol. The summed E-state index contributed by atoms with van der Waals surface area (Å²) in [6.45, 7) is 4.13. The van der Waals surface area contributed by atoms with E-state index in [1.165, 1.54) is 0 Å². The molecule has 0 heterocycles. The molecule has 0 aliphatic heterocycles. The maximum atomic E-state index is 7.13. The molecule has 3 aromatic rings. The zero-order valence-electron chi connectivity index (χ0n) is 24.6. The van der Waals surface area contributed by atoms with Gasteiger partial charge in [-0.3, -0.25) is 0 Å². The predicted octanol–water partition coefficient (Wildman–Crippen LogP) is 8.21. The molecule has 0 saturated heterocycles. The normalized spacial score (nSPS) is 17.9. The van der Waals surface area contributed by atoms with E-state index in [-0.39, 0.29) is 0 Å². The molecule has 0 amide bonds. The SMILES string of the molecule is C#CCCCOP(C)OCC1CCC(COC(c2ccccc2)(c2ccc(OC)cc2)c2ccc(OC)cc2)CC1. The number of hydrogen-bond acceptors (Lipinski definition) is 5. The van der Waals surface area contributed by atoms with Crippen LogP contribution in [0.5, 0.6) is 11.5 Å². The molecule has 0 spiro atoms. The maximum Gasteiger partial charge on any atom is 0.167 e. The molecule has 5 nitrogen and oxygen atoms in total. The molecule has 1 atom stereocenters.